The number of likely N-dealkylation sites (N-methyl/N-ethyl adjacent to an activating group) is 2. The molecule has 0 spiro atoms. The average Bonchev–Trinajstić information content (AvgIpc) is 2.46. The molecule has 6 nitrogen and oxygen atoms in total. The number of nitrogens with one attached hydrogen (secondary N) is 1. The summed E-state index contributed by atoms with van der Waals surface area (Å²) in [7, 11) is 5.14. The van der Waals surface area contributed by atoms with Crippen molar-refractivity contribution in [2.45, 2.75) is 19.5 Å². The van der Waals surface area contributed by atoms with E-state index in [4.69, 9.17) is 5.26 Å². The van der Waals surface area contributed by atoms with Crippen LogP contribution < -0.4 is 5.32 Å². The molecule has 0 fully saturated rings. The summed E-state index contributed by atoms with van der Waals surface area (Å²) in [6.45, 7) is 2.46. The molecule has 1 atom stereocenters. The van der Waals surface area contributed by atoms with Crippen LogP contribution in [0.1, 0.15) is 18.1 Å². The van der Waals surface area contributed by atoms with Crippen LogP contribution in [0.5, 0.6) is 0 Å². The number of amides is 2. The number of hydrogen-bond donors (Lipinski definition) is 1. The summed E-state index contributed by atoms with van der Waals surface area (Å²) in [6, 6.07) is 8.77. The molecule has 2 amide bonds. The summed E-state index contributed by atoms with van der Waals surface area (Å²) >= 11 is 0. The van der Waals surface area contributed by atoms with E-state index in [0.717, 1.165) is 5.56 Å². The van der Waals surface area contributed by atoms with Crippen molar-refractivity contribution in [3.63, 3.8) is 0 Å². The van der Waals surface area contributed by atoms with Gasteiger partial charge in [0.25, 0.3) is 0 Å². The van der Waals surface area contributed by atoms with Gasteiger partial charge in [-0.2, -0.15) is 5.26 Å². The molecule has 0 heterocycles. The van der Waals surface area contributed by atoms with Crippen LogP contribution in [-0.2, 0) is 16.1 Å². The Morgan fingerprint density at radius 3 is 2.32 bits per heavy atom. The van der Waals surface area contributed by atoms with Crippen molar-refractivity contribution in [1.82, 2.24) is 15.1 Å². The fourth-order valence-electron chi connectivity index (χ4n) is 2.03. The van der Waals surface area contributed by atoms with E-state index < -0.39 is 6.04 Å². The van der Waals surface area contributed by atoms with Gasteiger partial charge in [-0.3, -0.25) is 14.5 Å². The average molecular weight is 302 g/mol. The Balaban J connectivity index is 2.47. The van der Waals surface area contributed by atoms with Crippen LogP contribution in [0.2, 0.25) is 0 Å². The van der Waals surface area contributed by atoms with Crippen LogP contribution >= 0.6 is 0 Å². The number of hydrogen-bond acceptors (Lipinski definition) is 4. The van der Waals surface area contributed by atoms with Crippen molar-refractivity contribution < 1.29 is 9.59 Å². The number of carbonyl (C=O) groups excluding carboxylic acids is 2. The zero-order chi connectivity index (χ0) is 16.7. The molecule has 0 saturated carbocycles. The molecule has 1 N–H and O–H groups in total. The van der Waals surface area contributed by atoms with Gasteiger partial charge in [-0.25, -0.2) is 0 Å². The minimum atomic E-state index is -0.536. The van der Waals surface area contributed by atoms with Crippen molar-refractivity contribution in [1.29, 1.82) is 5.26 Å². The largest absolute Gasteiger partial charge is 0.347 e. The smallest absolute Gasteiger partial charge is 0.244 e. The minimum Gasteiger partial charge on any atom is -0.347 e. The van der Waals surface area contributed by atoms with Crippen molar-refractivity contribution >= 4 is 11.8 Å². The van der Waals surface area contributed by atoms with Crippen molar-refractivity contribution in [2.24, 2.45) is 0 Å². The topological polar surface area (TPSA) is 76.4 Å². The van der Waals surface area contributed by atoms with E-state index in [2.05, 4.69) is 11.4 Å². The Hall–Kier alpha value is -2.39. The van der Waals surface area contributed by atoms with E-state index in [0.29, 0.717) is 12.1 Å². The molecule has 0 aromatic heterocycles. The van der Waals surface area contributed by atoms with Gasteiger partial charge < -0.3 is 10.2 Å². The van der Waals surface area contributed by atoms with Crippen LogP contribution in [0, 0.1) is 11.3 Å². The van der Waals surface area contributed by atoms with Crippen molar-refractivity contribution in [3.05, 3.63) is 35.4 Å². The SMILES string of the molecule is CC(NC(=O)CN(C)Cc1ccc(C#N)cc1)C(=O)N(C)C. The van der Waals surface area contributed by atoms with Gasteiger partial charge in [-0.1, -0.05) is 12.1 Å². The van der Waals surface area contributed by atoms with Crippen LogP contribution in [0.4, 0.5) is 0 Å². The predicted molar refractivity (Wildman–Crippen MR) is 83.8 cm³/mol. The Bertz CT molecular complexity index is 561. The molecule has 0 aliphatic heterocycles. The summed E-state index contributed by atoms with van der Waals surface area (Å²) in [4.78, 5) is 26.9. The maximum atomic E-state index is 11.9. The molecule has 0 saturated heterocycles. The molecule has 118 valence electrons. The van der Waals surface area contributed by atoms with Crippen LogP contribution in [0.15, 0.2) is 24.3 Å². The summed E-state index contributed by atoms with van der Waals surface area (Å²) in [5.41, 5.74) is 1.63. The van der Waals surface area contributed by atoms with E-state index in [1.54, 1.807) is 33.2 Å². The molecule has 1 unspecified atom stereocenters. The first kappa shape index (κ1) is 17.7. The Labute approximate surface area is 131 Å². The van der Waals surface area contributed by atoms with Crippen molar-refractivity contribution in [3.8, 4) is 6.07 Å². The number of rotatable bonds is 6. The van der Waals surface area contributed by atoms with Gasteiger partial charge in [0, 0.05) is 20.6 Å². The Morgan fingerprint density at radius 2 is 1.82 bits per heavy atom. The number of nitrogens with zero attached hydrogens (tertiary/aromatic N) is 3. The highest BCUT2D eigenvalue weighted by atomic mass is 16.2. The van der Waals surface area contributed by atoms with Crippen LogP contribution in [0.25, 0.3) is 0 Å². The number of benzene rings is 1. The van der Waals surface area contributed by atoms with Crippen LogP contribution in [0.3, 0.4) is 0 Å². The number of nitriles is 1. The molecular weight excluding hydrogens is 280 g/mol. The number of carbonyl (C=O) groups is 2. The second-order valence-corrected chi connectivity index (χ2v) is 5.50. The Kier molecular flexibility index (Phi) is 6.54. The monoisotopic (exact) mass is 302 g/mol. The van der Waals surface area contributed by atoms with Gasteiger partial charge in [-0.15, -0.1) is 0 Å². The van der Waals surface area contributed by atoms with E-state index in [-0.39, 0.29) is 18.4 Å². The normalized spacial score (nSPS) is 11.6. The third-order valence-electron chi connectivity index (χ3n) is 3.14. The molecule has 0 aliphatic carbocycles. The highest BCUT2D eigenvalue weighted by molar-refractivity contribution is 5.87. The third-order valence-corrected chi connectivity index (χ3v) is 3.14. The lowest BCUT2D eigenvalue weighted by Crippen LogP contribution is -2.47. The standard InChI is InChI=1S/C16H22N4O2/c1-12(16(22)19(2)3)18-15(21)11-20(4)10-14-7-5-13(9-17)6-8-14/h5-8,12H,10-11H2,1-4H3,(H,18,21). The molecule has 1 aromatic rings. The molecule has 1 rings (SSSR count). The Morgan fingerprint density at radius 1 is 1.23 bits per heavy atom. The molecule has 1 aromatic carbocycles. The van der Waals surface area contributed by atoms with Crippen molar-refractivity contribution in [2.75, 3.05) is 27.7 Å². The van der Waals surface area contributed by atoms with E-state index in [1.807, 2.05) is 24.1 Å². The third kappa shape index (κ3) is 5.54. The highest BCUT2D eigenvalue weighted by Crippen LogP contribution is 2.05. The summed E-state index contributed by atoms with van der Waals surface area (Å²) in [6.07, 6.45) is 0. The fourth-order valence-corrected chi connectivity index (χ4v) is 2.03. The predicted octanol–water partition coefficient (Wildman–Crippen LogP) is 0.583. The second-order valence-electron chi connectivity index (χ2n) is 5.50. The first-order valence-electron chi connectivity index (χ1n) is 7.01. The lowest BCUT2D eigenvalue weighted by molar-refractivity contribution is -0.134. The quantitative estimate of drug-likeness (QED) is 0.834. The summed E-state index contributed by atoms with van der Waals surface area (Å²) < 4.78 is 0. The highest BCUT2D eigenvalue weighted by Gasteiger charge is 2.17. The minimum absolute atomic E-state index is 0.136. The molecular formula is C16H22N4O2. The lowest BCUT2D eigenvalue weighted by Gasteiger charge is -2.20. The second kappa shape index (κ2) is 8.15. The summed E-state index contributed by atoms with van der Waals surface area (Å²) in [5, 5.41) is 11.4. The first-order chi connectivity index (χ1) is 10.3. The molecule has 0 bridgehead atoms. The maximum Gasteiger partial charge on any atom is 0.244 e. The fraction of sp³-hybridized carbons (Fsp3) is 0.438. The van der Waals surface area contributed by atoms with E-state index in [1.165, 1.54) is 4.90 Å². The molecule has 6 heteroatoms. The van der Waals surface area contributed by atoms with E-state index >= 15 is 0 Å². The first-order valence-corrected chi connectivity index (χ1v) is 7.01. The molecule has 0 aliphatic rings. The van der Waals surface area contributed by atoms with Gasteiger partial charge in [0.2, 0.25) is 11.8 Å². The van der Waals surface area contributed by atoms with Crippen LogP contribution in [-0.4, -0.2) is 55.3 Å². The van der Waals surface area contributed by atoms with Gasteiger partial charge in [0.05, 0.1) is 18.2 Å². The molecule has 22 heavy (non-hydrogen) atoms. The lowest BCUT2D eigenvalue weighted by atomic mass is 10.1. The van der Waals surface area contributed by atoms with E-state index in [9.17, 15) is 9.59 Å². The van der Waals surface area contributed by atoms with Gasteiger partial charge in [-0.05, 0) is 31.7 Å². The van der Waals surface area contributed by atoms with Gasteiger partial charge >= 0.3 is 0 Å². The zero-order valence-corrected chi connectivity index (χ0v) is 13.5. The zero-order valence-electron chi connectivity index (χ0n) is 13.5. The maximum absolute atomic E-state index is 11.9. The van der Waals surface area contributed by atoms with Gasteiger partial charge in [0.1, 0.15) is 6.04 Å². The molecule has 0 radical (unpaired) electrons. The van der Waals surface area contributed by atoms with Gasteiger partial charge in [0.15, 0.2) is 0 Å². The summed E-state index contributed by atoms with van der Waals surface area (Å²) in [5.74, 6) is -0.332.